The Morgan fingerprint density at radius 2 is 1.86 bits per heavy atom. The van der Waals surface area contributed by atoms with E-state index >= 15 is 0 Å². The molecular formula is C16H17ClO4. The second-order valence-corrected chi connectivity index (χ2v) is 6.01. The second kappa shape index (κ2) is 5.53. The van der Waals surface area contributed by atoms with Gasteiger partial charge in [-0.3, -0.25) is 9.59 Å². The quantitative estimate of drug-likeness (QED) is 0.662. The number of carbonyl (C=O) groups is 2. The Hall–Kier alpha value is -1.81. The highest BCUT2D eigenvalue weighted by Gasteiger charge is 2.52. The number of hydrogen-bond donors (Lipinski definition) is 2. The van der Waals surface area contributed by atoms with E-state index < -0.39 is 22.8 Å². The number of carboxylic acid groups (broad SMARTS) is 2. The van der Waals surface area contributed by atoms with Gasteiger partial charge in [-0.2, -0.15) is 0 Å². The van der Waals surface area contributed by atoms with Crippen LogP contribution in [0.15, 0.2) is 42.5 Å². The highest BCUT2D eigenvalue weighted by atomic mass is 35.5. The average molecular weight is 309 g/mol. The number of hydrogen-bond acceptors (Lipinski definition) is 2. The van der Waals surface area contributed by atoms with Crippen molar-refractivity contribution in [3.05, 3.63) is 48.0 Å². The van der Waals surface area contributed by atoms with Crippen molar-refractivity contribution in [1.82, 2.24) is 0 Å². The zero-order valence-corrected chi connectivity index (χ0v) is 12.4. The van der Waals surface area contributed by atoms with Crippen molar-refractivity contribution in [2.75, 3.05) is 5.88 Å². The van der Waals surface area contributed by atoms with Gasteiger partial charge in [-0.1, -0.05) is 42.5 Å². The molecule has 0 radical (unpaired) electrons. The van der Waals surface area contributed by atoms with Crippen molar-refractivity contribution in [3.8, 4) is 0 Å². The lowest BCUT2D eigenvalue weighted by Gasteiger charge is -2.42. The molecule has 0 saturated carbocycles. The minimum absolute atomic E-state index is 0.0375. The Morgan fingerprint density at radius 1 is 1.24 bits per heavy atom. The summed E-state index contributed by atoms with van der Waals surface area (Å²) in [6.45, 7) is 1.58. The van der Waals surface area contributed by atoms with Gasteiger partial charge in [0.2, 0.25) is 0 Å². The van der Waals surface area contributed by atoms with E-state index in [9.17, 15) is 19.8 Å². The number of alkyl halides is 1. The first kappa shape index (κ1) is 15.6. The van der Waals surface area contributed by atoms with Crippen LogP contribution in [-0.2, 0) is 9.59 Å². The molecule has 0 saturated heterocycles. The van der Waals surface area contributed by atoms with Crippen LogP contribution in [0.4, 0.5) is 0 Å². The molecule has 2 rings (SSSR count). The third-order valence-corrected chi connectivity index (χ3v) is 4.77. The Bertz CT molecular complexity index is 583. The first-order chi connectivity index (χ1) is 9.85. The van der Waals surface area contributed by atoms with E-state index in [1.807, 2.05) is 30.3 Å². The molecule has 0 bridgehead atoms. The van der Waals surface area contributed by atoms with Crippen molar-refractivity contribution >= 4 is 23.5 Å². The normalized spacial score (nSPS) is 31.8. The molecule has 0 fully saturated rings. The first-order valence-electron chi connectivity index (χ1n) is 6.63. The summed E-state index contributed by atoms with van der Waals surface area (Å²) in [4.78, 5) is 23.3. The van der Waals surface area contributed by atoms with E-state index in [1.165, 1.54) is 0 Å². The average Bonchev–Trinajstić information content (AvgIpc) is 2.47. The summed E-state index contributed by atoms with van der Waals surface area (Å²) in [6.07, 6.45) is 3.18. The molecule has 0 spiro atoms. The van der Waals surface area contributed by atoms with Gasteiger partial charge in [0.1, 0.15) is 5.41 Å². The Kier molecular flexibility index (Phi) is 4.10. The maximum atomic E-state index is 11.8. The topological polar surface area (TPSA) is 74.6 Å². The number of rotatable bonds is 4. The van der Waals surface area contributed by atoms with Gasteiger partial charge in [-0.15, -0.1) is 11.6 Å². The van der Waals surface area contributed by atoms with Gasteiger partial charge in [0, 0.05) is 11.8 Å². The van der Waals surface area contributed by atoms with E-state index in [2.05, 4.69) is 0 Å². The Morgan fingerprint density at radius 3 is 2.33 bits per heavy atom. The van der Waals surface area contributed by atoms with Gasteiger partial charge < -0.3 is 10.2 Å². The lowest BCUT2D eigenvalue weighted by Crippen LogP contribution is -2.46. The predicted molar refractivity (Wildman–Crippen MR) is 79.5 cm³/mol. The van der Waals surface area contributed by atoms with Gasteiger partial charge in [-0.05, 0) is 18.9 Å². The van der Waals surface area contributed by atoms with Gasteiger partial charge in [0.05, 0.1) is 5.41 Å². The number of allylic oxidation sites excluding steroid dienone is 1. The standard InChI is InChI=1S/C16H17ClO4/c1-15(13(18)19)9-16(10-17,14(20)21)8-7-12(15)11-5-3-2-4-6-11/h2-8,12H,9-10H2,1H3,(H,18,19)(H,20,21). The fourth-order valence-corrected chi connectivity index (χ4v) is 3.26. The predicted octanol–water partition coefficient (Wildman–Crippen LogP) is 3.13. The molecule has 1 aromatic carbocycles. The maximum absolute atomic E-state index is 11.8. The van der Waals surface area contributed by atoms with Crippen LogP contribution < -0.4 is 0 Å². The van der Waals surface area contributed by atoms with Crippen LogP contribution in [0.3, 0.4) is 0 Å². The zero-order chi connectivity index (χ0) is 15.7. The van der Waals surface area contributed by atoms with Crippen LogP contribution in [0.25, 0.3) is 0 Å². The minimum atomic E-state index is -1.33. The number of benzene rings is 1. The number of carboxylic acids is 2. The SMILES string of the molecule is CC1(C(=O)O)CC(CCl)(C(=O)O)C=CC1c1ccccc1. The van der Waals surface area contributed by atoms with Crippen LogP contribution >= 0.6 is 11.6 Å². The van der Waals surface area contributed by atoms with Crippen LogP contribution in [-0.4, -0.2) is 28.0 Å². The lowest BCUT2D eigenvalue weighted by atomic mass is 9.60. The third kappa shape index (κ3) is 2.56. The summed E-state index contributed by atoms with van der Waals surface area (Å²) in [5.41, 5.74) is -1.70. The van der Waals surface area contributed by atoms with E-state index in [4.69, 9.17) is 11.6 Å². The molecule has 0 heterocycles. The summed E-state index contributed by atoms with van der Waals surface area (Å²) in [7, 11) is 0. The molecule has 1 aromatic rings. The monoisotopic (exact) mass is 308 g/mol. The summed E-state index contributed by atoms with van der Waals surface area (Å²) >= 11 is 5.83. The van der Waals surface area contributed by atoms with Gasteiger partial charge in [-0.25, -0.2) is 0 Å². The molecule has 4 nitrogen and oxygen atoms in total. The molecule has 5 heteroatoms. The smallest absolute Gasteiger partial charge is 0.314 e. The molecule has 112 valence electrons. The first-order valence-corrected chi connectivity index (χ1v) is 7.16. The fraction of sp³-hybridized carbons (Fsp3) is 0.375. The van der Waals surface area contributed by atoms with Gasteiger partial charge in [0.25, 0.3) is 0 Å². The van der Waals surface area contributed by atoms with E-state index in [1.54, 1.807) is 19.1 Å². The van der Waals surface area contributed by atoms with Crippen molar-refractivity contribution in [2.24, 2.45) is 10.8 Å². The molecule has 1 aliphatic rings. The van der Waals surface area contributed by atoms with Crippen LogP contribution in [0.5, 0.6) is 0 Å². The van der Waals surface area contributed by atoms with Crippen molar-refractivity contribution < 1.29 is 19.8 Å². The van der Waals surface area contributed by atoms with E-state index in [0.717, 1.165) is 5.56 Å². The third-order valence-electron chi connectivity index (χ3n) is 4.29. The maximum Gasteiger partial charge on any atom is 0.314 e. The summed E-state index contributed by atoms with van der Waals surface area (Å²) in [6, 6.07) is 9.24. The highest BCUT2D eigenvalue weighted by Crippen LogP contribution is 2.50. The summed E-state index contributed by atoms with van der Waals surface area (Å²) < 4.78 is 0. The Balaban J connectivity index is 2.54. The molecule has 21 heavy (non-hydrogen) atoms. The van der Waals surface area contributed by atoms with Crippen molar-refractivity contribution in [1.29, 1.82) is 0 Å². The van der Waals surface area contributed by atoms with E-state index in [0.29, 0.717) is 0 Å². The molecule has 0 aliphatic heterocycles. The van der Waals surface area contributed by atoms with E-state index in [-0.39, 0.29) is 18.2 Å². The summed E-state index contributed by atoms with van der Waals surface area (Å²) in [5, 5.41) is 19.1. The molecule has 3 atom stereocenters. The number of aliphatic carboxylic acids is 2. The fourth-order valence-electron chi connectivity index (χ4n) is 2.96. The van der Waals surface area contributed by atoms with Crippen LogP contribution in [0.2, 0.25) is 0 Å². The number of halogens is 1. The van der Waals surface area contributed by atoms with Crippen molar-refractivity contribution in [3.63, 3.8) is 0 Å². The van der Waals surface area contributed by atoms with Crippen LogP contribution in [0.1, 0.15) is 24.8 Å². The molecule has 1 aliphatic carbocycles. The second-order valence-electron chi connectivity index (χ2n) is 5.74. The Labute approximate surface area is 128 Å². The minimum Gasteiger partial charge on any atom is -0.481 e. The molecule has 3 unspecified atom stereocenters. The highest BCUT2D eigenvalue weighted by molar-refractivity contribution is 6.20. The molecule has 0 amide bonds. The zero-order valence-electron chi connectivity index (χ0n) is 11.6. The van der Waals surface area contributed by atoms with Crippen molar-refractivity contribution in [2.45, 2.75) is 19.3 Å². The largest absolute Gasteiger partial charge is 0.481 e. The molecular weight excluding hydrogens is 292 g/mol. The van der Waals surface area contributed by atoms with Gasteiger partial charge >= 0.3 is 11.9 Å². The van der Waals surface area contributed by atoms with Crippen LogP contribution in [0, 0.1) is 10.8 Å². The lowest BCUT2D eigenvalue weighted by molar-refractivity contribution is -0.155. The molecule has 2 N–H and O–H groups in total. The summed E-state index contributed by atoms with van der Waals surface area (Å²) in [5.74, 6) is -2.64. The molecule has 0 aromatic heterocycles. The van der Waals surface area contributed by atoms with Gasteiger partial charge in [0.15, 0.2) is 0 Å².